The number of aliphatic hydroxyl groups is 1. The van der Waals surface area contributed by atoms with Gasteiger partial charge in [-0.15, -0.1) is 0 Å². The highest BCUT2D eigenvalue weighted by molar-refractivity contribution is 6.04. The summed E-state index contributed by atoms with van der Waals surface area (Å²) < 4.78 is 26.9. The minimum absolute atomic E-state index is 0.0674. The van der Waals surface area contributed by atoms with Crippen LogP contribution >= 0.6 is 0 Å². The van der Waals surface area contributed by atoms with Gasteiger partial charge >= 0.3 is 0 Å². The van der Waals surface area contributed by atoms with E-state index < -0.39 is 30.3 Å². The molecule has 36 heavy (non-hydrogen) atoms. The fourth-order valence-electron chi connectivity index (χ4n) is 5.27. The van der Waals surface area contributed by atoms with Gasteiger partial charge < -0.3 is 25.6 Å². The van der Waals surface area contributed by atoms with Crippen molar-refractivity contribution in [1.82, 2.24) is 25.2 Å². The first-order valence-corrected chi connectivity index (χ1v) is 12.7. The summed E-state index contributed by atoms with van der Waals surface area (Å²) in [5.41, 5.74) is -0.230. The van der Waals surface area contributed by atoms with Crippen LogP contribution in [-0.2, 0) is 4.79 Å². The Morgan fingerprint density at radius 3 is 2.67 bits per heavy atom. The number of aromatic nitrogens is 3. The smallest absolute Gasteiger partial charge is 0.255 e. The van der Waals surface area contributed by atoms with Crippen molar-refractivity contribution in [3.05, 3.63) is 18.0 Å². The molecule has 2 fully saturated rings. The number of alkyl halides is 2. The number of carbonyl (C=O) groups is 2. The Bertz CT molecular complexity index is 1090. The van der Waals surface area contributed by atoms with Gasteiger partial charge in [0.25, 0.3) is 5.91 Å². The van der Waals surface area contributed by atoms with Crippen LogP contribution in [0.15, 0.2) is 12.4 Å². The second-order valence-electron chi connectivity index (χ2n) is 10.8. The standard InChI is InChI=1S/C25H36F2N6O3/c1-15(2)10-17-13-33(16(3)34)9-4-19(17)31-20-12-29-22-21(32-20)18(11-28-22)23(35)30-14-24(36)5-7-25(26,27)8-6-24/h11-12,15,17,19,36H,4-10,13-14H2,1-3H3,(H,28,29)(H,30,35)(H,31,32)/t17-,19?/m1/s1. The Hall–Kier alpha value is -2.82. The molecule has 0 bridgehead atoms. The molecule has 1 saturated heterocycles. The number of hydrogen-bond acceptors (Lipinski definition) is 6. The summed E-state index contributed by atoms with van der Waals surface area (Å²) in [5.74, 6) is -1.85. The Morgan fingerprint density at radius 2 is 2.00 bits per heavy atom. The number of hydrogen-bond donors (Lipinski definition) is 4. The summed E-state index contributed by atoms with van der Waals surface area (Å²) in [6.07, 6.45) is 3.96. The normalized spacial score (nSPS) is 23.6. The molecule has 2 aromatic heterocycles. The summed E-state index contributed by atoms with van der Waals surface area (Å²) in [6.45, 7) is 7.18. The first kappa shape index (κ1) is 26.2. The van der Waals surface area contributed by atoms with Crippen LogP contribution in [0.3, 0.4) is 0 Å². The third-order valence-electron chi connectivity index (χ3n) is 7.40. The van der Waals surface area contributed by atoms with E-state index in [1.165, 1.54) is 6.20 Å². The fraction of sp³-hybridized carbons (Fsp3) is 0.680. The molecule has 2 aliphatic rings. The maximum absolute atomic E-state index is 13.5. The molecule has 11 heteroatoms. The Kier molecular flexibility index (Phi) is 7.49. The van der Waals surface area contributed by atoms with Crippen LogP contribution in [0.25, 0.3) is 11.2 Å². The minimum Gasteiger partial charge on any atom is -0.388 e. The van der Waals surface area contributed by atoms with E-state index in [1.807, 2.05) is 4.90 Å². The average Bonchev–Trinajstić information content (AvgIpc) is 3.24. The number of aromatic amines is 1. The minimum atomic E-state index is -2.76. The van der Waals surface area contributed by atoms with Gasteiger partial charge in [-0.2, -0.15) is 0 Å². The monoisotopic (exact) mass is 506 g/mol. The summed E-state index contributed by atoms with van der Waals surface area (Å²) in [5, 5.41) is 16.8. The van der Waals surface area contributed by atoms with Crippen molar-refractivity contribution in [2.24, 2.45) is 11.8 Å². The maximum atomic E-state index is 13.5. The predicted octanol–water partition coefficient (Wildman–Crippen LogP) is 3.32. The number of nitrogens with one attached hydrogen (secondary N) is 3. The number of carbonyl (C=O) groups excluding carboxylic acids is 2. The van der Waals surface area contributed by atoms with E-state index in [2.05, 4.69) is 39.4 Å². The van der Waals surface area contributed by atoms with Gasteiger partial charge in [-0.25, -0.2) is 18.7 Å². The van der Waals surface area contributed by atoms with Gasteiger partial charge in [-0.3, -0.25) is 9.59 Å². The molecule has 4 rings (SSSR count). The maximum Gasteiger partial charge on any atom is 0.255 e. The molecule has 1 unspecified atom stereocenters. The average molecular weight is 507 g/mol. The van der Waals surface area contributed by atoms with Crippen molar-refractivity contribution in [1.29, 1.82) is 0 Å². The molecule has 0 spiro atoms. The molecular formula is C25H36F2N6O3. The van der Waals surface area contributed by atoms with Crippen LogP contribution < -0.4 is 10.6 Å². The van der Waals surface area contributed by atoms with Gasteiger partial charge in [0.2, 0.25) is 11.8 Å². The lowest BCUT2D eigenvalue weighted by Gasteiger charge is -2.39. The summed E-state index contributed by atoms with van der Waals surface area (Å²) in [6, 6.07) is 0.115. The van der Waals surface area contributed by atoms with Crippen molar-refractivity contribution < 1.29 is 23.5 Å². The van der Waals surface area contributed by atoms with Crippen molar-refractivity contribution in [2.45, 2.75) is 76.9 Å². The molecule has 2 aromatic rings. The summed E-state index contributed by atoms with van der Waals surface area (Å²) in [4.78, 5) is 38.7. The highest BCUT2D eigenvalue weighted by atomic mass is 19.3. The first-order chi connectivity index (χ1) is 16.9. The van der Waals surface area contributed by atoms with Crippen molar-refractivity contribution in [2.75, 3.05) is 25.0 Å². The van der Waals surface area contributed by atoms with Crippen LogP contribution in [0.2, 0.25) is 0 Å². The van der Waals surface area contributed by atoms with Crippen molar-refractivity contribution in [3.8, 4) is 0 Å². The number of rotatable bonds is 7. The molecule has 0 radical (unpaired) electrons. The Morgan fingerprint density at radius 1 is 1.28 bits per heavy atom. The van der Waals surface area contributed by atoms with E-state index in [0.717, 1.165) is 12.8 Å². The van der Waals surface area contributed by atoms with E-state index in [0.29, 0.717) is 36.0 Å². The zero-order chi connectivity index (χ0) is 26.1. The Balaban J connectivity index is 1.45. The van der Waals surface area contributed by atoms with Crippen molar-refractivity contribution >= 4 is 28.8 Å². The van der Waals surface area contributed by atoms with E-state index in [1.54, 1.807) is 13.1 Å². The topological polar surface area (TPSA) is 123 Å². The largest absolute Gasteiger partial charge is 0.388 e. The molecule has 198 valence electrons. The van der Waals surface area contributed by atoms with Crippen molar-refractivity contribution in [3.63, 3.8) is 0 Å². The molecule has 2 amide bonds. The number of likely N-dealkylation sites (tertiary alicyclic amines) is 1. The molecule has 1 aliphatic carbocycles. The van der Waals surface area contributed by atoms with E-state index >= 15 is 0 Å². The zero-order valence-electron chi connectivity index (χ0n) is 21.1. The van der Waals surface area contributed by atoms with Gasteiger partial charge in [0, 0.05) is 51.6 Å². The van der Waals surface area contributed by atoms with Crippen LogP contribution in [0.5, 0.6) is 0 Å². The molecule has 4 N–H and O–H groups in total. The van der Waals surface area contributed by atoms with Crippen LogP contribution in [-0.4, -0.2) is 74.0 Å². The molecule has 9 nitrogen and oxygen atoms in total. The summed E-state index contributed by atoms with van der Waals surface area (Å²) in [7, 11) is 0. The molecule has 1 saturated carbocycles. The van der Waals surface area contributed by atoms with E-state index in [4.69, 9.17) is 0 Å². The lowest BCUT2D eigenvalue weighted by Crippen LogP contribution is -2.48. The predicted molar refractivity (Wildman–Crippen MR) is 132 cm³/mol. The second-order valence-corrected chi connectivity index (χ2v) is 10.8. The number of H-pyrrole nitrogens is 1. The highest BCUT2D eigenvalue weighted by Crippen LogP contribution is 2.38. The Labute approximate surface area is 209 Å². The SMILES string of the molecule is CC(=O)N1CCC(Nc2cnc3[nH]cc(C(=O)NCC4(O)CCC(F)(F)CC4)c3n2)[C@H](CC(C)C)C1. The third kappa shape index (κ3) is 6.11. The molecule has 0 aromatic carbocycles. The van der Waals surface area contributed by atoms with E-state index in [9.17, 15) is 23.5 Å². The molecular weight excluding hydrogens is 470 g/mol. The lowest BCUT2D eigenvalue weighted by atomic mass is 9.82. The van der Waals surface area contributed by atoms with Crippen LogP contribution in [0.1, 0.15) is 69.7 Å². The number of amides is 2. The quantitative estimate of drug-likeness (QED) is 0.457. The number of anilines is 1. The molecule has 2 atom stereocenters. The second kappa shape index (κ2) is 10.3. The number of fused-ring (bicyclic) bond motifs is 1. The zero-order valence-corrected chi connectivity index (χ0v) is 21.1. The fourth-order valence-corrected chi connectivity index (χ4v) is 5.27. The lowest BCUT2D eigenvalue weighted by molar-refractivity contribution is -0.130. The highest BCUT2D eigenvalue weighted by Gasteiger charge is 2.42. The number of halogens is 2. The summed E-state index contributed by atoms with van der Waals surface area (Å²) >= 11 is 0. The molecule has 1 aliphatic heterocycles. The van der Waals surface area contributed by atoms with Gasteiger partial charge in [0.05, 0.1) is 17.4 Å². The molecule has 3 heterocycles. The third-order valence-corrected chi connectivity index (χ3v) is 7.40. The number of piperidine rings is 1. The van der Waals surface area contributed by atoms with Crippen LogP contribution in [0.4, 0.5) is 14.6 Å². The first-order valence-electron chi connectivity index (χ1n) is 12.7. The van der Waals surface area contributed by atoms with Crippen LogP contribution in [0, 0.1) is 11.8 Å². The van der Waals surface area contributed by atoms with Gasteiger partial charge in [-0.05, 0) is 37.5 Å². The van der Waals surface area contributed by atoms with E-state index in [-0.39, 0.29) is 42.8 Å². The van der Waals surface area contributed by atoms with Gasteiger partial charge in [0.1, 0.15) is 11.3 Å². The number of nitrogens with zero attached hydrogens (tertiary/aromatic N) is 3. The van der Waals surface area contributed by atoms with Gasteiger partial charge in [-0.1, -0.05) is 13.8 Å². The van der Waals surface area contributed by atoms with Gasteiger partial charge in [0.15, 0.2) is 5.65 Å².